The predicted octanol–water partition coefficient (Wildman–Crippen LogP) is 4.05. The van der Waals surface area contributed by atoms with Crippen molar-refractivity contribution in [2.45, 2.75) is 6.54 Å². The van der Waals surface area contributed by atoms with Crippen LogP contribution in [0.5, 0.6) is 0 Å². The highest BCUT2D eigenvalue weighted by molar-refractivity contribution is 9.10. The normalized spacial score (nSPS) is 14.8. The van der Waals surface area contributed by atoms with Crippen molar-refractivity contribution in [2.24, 2.45) is 0 Å². The number of amides is 1. The summed E-state index contributed by atoms with van der Waals surface area (Å²) in [6, 6.07) is 25.0. The van der Waals surface area contributed by atoms with Crippen molar-refractivity contribution in [2.75, 3.05) is 4.90 Å². The summed E-state index contributed by atoms with van der Waals surface area (Å²) in [6.07, 6.45) is 0. The molecule has 33 heavy (non-hydrogen) atoms. The van der Waals surface area contributed by atoms with E-state index in [4.69, 9.17) is 0 Å². The van der Waals surface area contributed by atoms with Gasteiger partial charge < -0.3 is 4.90 Å². The maximum absolute atomic E-state index is 13.6. The molecule has 3 aromatic carbocycles. The lowest BCUT2D eigenvalue weighted by Crippen LogP contribution is -2.32. The molecule has 1 aliphatic heterocycles. The fourth-order valence-corrected chi connectivity index (χ4v) is 5.40. The number of benzene rings is 3. The molecular weight excluding hydrogens is 500 g/mol. The van der Waals surface area contributed by atoms with Gasteiger partial charge in [-0.05, 0) is 23.8 Å². The van der Waals surface area contributed by atoms with Gasteiger partial charge in [-0.2, -0.15) is 9.50 Å². The number of anilines is 1. The Labute approximate surface area is 200 Å². The number of nitrogens with zero attached hydrogens (tertiary/aromatic N) is 4. The molecule has 0 N–H and O–H groups in total. The van der Waals surface area contributed by atoms with Gasteiger partial charge in [-0.25, -0.2) is 0 Å². The SMILES string of the molecule is O=C1/C(=c2\sc3nc(-c4ccccc4)nn3c2=O)c2cc(Br)ccc2N1Cc1ccccc1. The highest BCUT2D eigenvalue weighted by atomic mass is 79.9. The highest BCUT2D eigenvalue weighted by Crippen LogP contribution is 2.38. The zero-order chi connectivity index (χ0) is 22.5. The Morgan fingerprint density at radius 2 is 1.64 bits per heavy atom. The lowest BCUT2D eigenvalue weighted by atomic mass is 10.1. The zero-order valence-electron chi connectivity index (χ0n) is 17.1. The van der Waals surface area contributed by atoms with E-state index < -0.39 is 0 Å². The highest BCUT2D eigenvalue weighted by Gasteiger charge is 2.34. The second-order valence-corrected chi connectivity index (χ2v) is 9.54. The molecule has 5 aromatic rings. The Morgan fingerprint density at radius 3 is 2.36 bits per heavy atom. The fraction of sp³-hybridized carbons (Fsp3) is 0.0400. The molecule has 0 atom stereocenters. The van der Waals surface area contributed by atoms with Gasteiger partial charge in [-0.3, -0.25) is 9.59 Å². The lowest BCUT2D eigenvalue weighted by Gasteiger charge is -2.17. The molecule has 160 valence electrons. The molecule has 0 fully saturated rings. The predicted molar refractivity (Wildman–Crippen MR) is 132 cm³/mol. The van der Waals surface area contributed by atoms with Crippen LogP contribution in [-0.2, 0) is 11.3 Å². The Kier molecular flexibility index (Phi) is 4.70. The summed E-state index contributed by atoms with van der Waals surface area (Å²) in [5.74, 6) is 0.291. The third kappa shape index (κ3) is 3.30. The van der Waals surface area contributed by atoms with Gasteiger partial charge in [0, 0.05) is 15.6 Å². The summed E-state index contributed by atoms with van der Waals surface area (Å²) < 4.78 is 2.48. The van der Waals surface area contributed by atoms with Gasteiger partial charge in [0.2, 0.25) is 4.96 Å². The topological polar surface area (TPSA) is 67.6 Å². The van der Waals surface area contributed by atoms with Crippen LogP contribution in [0.2, 0.25) is 0 Å². The minimum atomic E-state index is -0.333. The first kappa shape index (κ1) is 20.0. The monoisotopic (exact) mass is 514 g/mol. The summed E-state index contributed by atoms with van der Waals surface area (Å²) in [6.45, 7) is 0.422. The van der Waals surface area contributed by atoms with E-state index in [1.807, 2.05) is 78.9 Å². The minimum absolute atomic E-state index is 0.197. The number of thiazole rings is 1. The van der Waals surface area contributed by atoms with Crippen molar-refractivity contribution in [3.63, 3.8) is 0 Å². The maximum Gasteiger partial charge on any atom is 0.291 e. The van der Waals surface area contributed by atoms with Crippen LogP contribution >= 0.6 is 27.3 Å². The molecule has 0 radical (unpaired) electrons. The van der Waals surface area contributed by atoms with Crippen LogP contribution in [0.1, 0.15) is 11.1 Å². The van der Waals surface area contributed by atoms with E-state index in [0.29, 0.717) is 27.4 Å². The van der Waals surface area contributed by atoms with Gasteiger partial charge in [-0.1, -0.05) is 87.9 Å². The standard InChI is InChI=1S/C25H15BrN4O2S/c26-17-11-12-19-18(13-17)20(23(31)29(19)14-15-7-3-1-4-8-15)21-24(32)30-25(33-21)27-22(28-30)16-9-5-2-6-10-16/h1-13H,14H2/b21-20-. The van der Waals surface area contributed by atoms with Crippen molar-refractivity contribution >= 4 is 49.4 Å². The number of halogens is 1. The maximum atomic E-state index is 13.6. The third-order valence-corrected chi connectivity index (χ3v) is 7.10. The molecule has 1 aliphatic rings. The molecular formula is C25H15BrN4O2S. The van der Waals surface area contributed by atoms with Gasteiger partial charge >= 0.3 is 0 Å². The van der Waals surface area contributed by atoms with E-state index in [0.717, 1.165) is 26.9 Å². The quantitative estimate of drug-likeness (QED) is 0.364. The van der Waals surface area contributed by atoms with Crippen molar-refractivity contribution < 1.29 is 4.79 Å². The van der Waals surface area contributed by atoms with Gasteiger partial charge in [0.05, 0.1) is 17.8 Å². The Hall–Kier alpha value is -3.62. The molecule has 0 bridgehead atoms. The first-order valence-electron chi connectivity index (χ1n) is 10.2. The second kappa shape index (κ2) is 7.75. The average Bonchev–Trinajstić information content (AvgIpc) is 3.46. The molecule has 0 aliphatic carbocycles. The summed E-state index contributed by atoms with van der Waals surface area (Å²) >= 11 is 4.70. The first-order valence-corrected chi connectivity index (χ1v) is 11.9. The molecule has 6 rings (SSSR count). The van der Waals surface area contributed by atoms with Crippen LogP contribution in [0, 0.1) is 0 Å². The number of rotatable bonds is 3. The van der Waals surface area contributed by atoms with E-state index in [1.54, 1.807) is 4.90 Å². The van der Waals surface area contributed by atoms with Gasteiger partial charge in [0.15, 0.2) is 5.82 Å². The molecule has 0 saturated carbocycles. The van der Waals surface area contributed by atoms with Crippen molar-refractivity contribution in [3.05, 3.63) is 109 Å². The number of hydrogen-bond acceptors (Lipinski definition) is 5. The minimum Gasteiger partial charge on any atom is -0.303 e. The number of hydrogen-bond donors (Lipinski definition) is 0. The van der Waals surface area contributed by atoms with E-state index >= 15 is 0 Å². The number of carbonyl (C=O) groups is 1. The van der Waals surface area contributed by atoms with Crippen LogP contribution in [0.25, 0.3) is 21.9 Å². The smallest absolute Gasteiger partial charge is 0.291 e. The average molecular weight is 515 g/mol. The molecule has 0 unspecified atom stereocenters. The van der Waals surface area contributed by atoms with E-state index in [1.165, 1.54) is 15.9 Å². The molecule has 1 amide bonds. The van der Waals surface area contributed by atoms with Crippen molar-refractivity contribution in [1.29, 1.82) is 0 Å². The van der Waals surface area contributed by atoms with Crippen molar-refractivity contribution in [3.8, 4) is 11.4 Å². The van der Waals surface area contributed by atoms with E-state index in [-0.39, 0.29) is 11.5 Å². The van der Waals surface area contributed by atoms with Crippen LogP contribution in [0.4, 0.5) is 5.69 Å². The molecule has 8 heteroatoms. The van der Waals surface area contributed by atoms with Crippen LogP contribution in [0.15, 0.2) is 88.1 Å². The van der Waals surface area contributed by atoms with Gasteiger partial charge in [-0.15, -0.1) is 5.10 Å². The van der Waals surface area contributed by atoms with Crippen LogP contribution in [0.3, 0.4) is 0 Å². The van der Waals surface area contributed by atoms with E-state index in [2.05, 4.69) is 26.0 Å². The Balaban J connectivity index is 1.53. The number of fused-ring (bicyclic) bond motifs is 2. The number of aromatic nitrogens is 3. The fourth-order valence-electron chi connectivity index (χ4n) is 4.04. The summed E-state index contributed by atoms with van der Waals surface area (Å²) in [7, 11) is 0. The van der Waals surface area contributed by atoms with Crippen LogP contribution in [-0.4, -0.2) is 20.5 Å². The van der Waals surface area contributed by atoms with Gasteiger partial charge in [0.1, 0.15) is 4.53 Å². The largest absolute Gasteiger partial charge is 0.303 e. The lowest BCUT2D eigenvalue weighted by molar-refractivity contribution is -0.113. The summed E-state index contributed by atoms with van der Waals surface area (Å²) in [4.78, 5) is 33.7. The van der Waals surface area contributed by atoms with Gasteiger partial charge in [0.25, 0.3) is 11.5 Å². The second-order valence-electron chi connectivity index (χ2n) is 7.65. The van der Waals surface area contributed by atoms with Crippen LogP contribution < -0.4 is 15.0 Å². The first-order chi connectivity index (χ1) is 16.1. The molecule has 6 nitrogen and oxygen atoms in total. The zero-order valence-corrected chi connectivity index (χ0v) is 19.5. The molecule has 0 saturated heterocycles. The molecule has 2 aromatic heterocycles. The summed E-state index contributed by atoms with van der Waals surface area (Å²) in [5, 5.41) is 4.42. The summed E-state index contributed by atoms with van der Waals surface area (Å²) in [5.41, 5.74) is 3.42. The third-order valence-electron chi connectivity index (χ3n) is 5.58. The Bertz CT molecular complexity index is 1640. The van der Waals surface area contributed by atoms with Crippen molar-refractivity contribution in [1.82, 2.24) is 14.6 Å². The number of carbonyl (C=O) groups excluding carboxylic acids is 1. The molecule has 0 spiro atoms. The molecule has 3 heterocycles. The van der Waals surface area contributed by atoms with E-state index in [9.17, 15) is 9.59 Å². The Morgan fingerprint density at radius 1 is 0.909 bits per heavy atom.